The number of likely N-dealkylation sites (N-methyl/N-ethyl adjacent to an activating group) is 1. The highest BCUT2D eigenvalue weighted by Crippen LogP contribution is 2.29. The number of rotatable bonds is 6. The van der Waals surface area contributed by atoms with E-state index in [-0.39, 0.29) is 12.1 Å². The summed E-state index contributed by atoms with van der Waals surface area (Å²) in [6, 6.07) is -0.137. The topological polar surface area (TPSA) is 77.6 Å². The molecule has 1 aromatic heterocycles. The summed E-state index contributed by atoms with van der Waals surface area (Å²) in [5.41, 5.74) is 3.83. The van der Waals surface area contributed by atoms with Crippen LogP contribution in [0, 0.1) is 0 Å². The summed E-state index contributed by atoms with van der Waals surface area (Å²) in [4.78, 5) is 2.24. The van der Waals surface area contributed by atoms with Crippen molar-refractivity contribution in [2.45, 2.75) is 32.0 Å². The Labute approximate surface area is 120 Å². The number of nitrogens with zero attached hydrogens (tertiary/aromatic N) is 3. The van der Waals surface area contributed by atoms with Crippen molar-refractivity contribution >= 4 is 0 Å². The molecule has 20 heavy (non-hydrogen) atoms. The van der Waals surface area contributed by atoms with E-state index in [9.17, 15) is 0 Å². The first-order valence-electron chi connectivity index (χ1n) is 7.07. The van der Waals surface area contributed by atoms with Crippen LogP contribution in [0.2, 0.25) is 0 Å². The number of nitrogens with one attached hydrogen (secondary N) is 1. The Balaban J connectivity index is 2.27. The van der Waals surface area contributed by atoms with Crippen LogP contribution in [0.1, 0.15) is 25.1 Å². The number of methoxy groups -OCH3 is 1. The van der Waals surface area contributed by atoms with Crippen LogP contribution in [-0.2, 0) is 11.3 Å². The average molecular weight is 283 g/mol. The lowest BCUT2D eigenvalue weighted by Gasteiger charge is -2.35. The molecule has 0 amide bonds. The molecule has 3 N–H and O–H groups in total. The summed E-state index contributed by atoms with van der Waals surface area (Å²) in [7, 11) is 3.74. The smallest absolute Gasteiger partial charge is 0.161 e. The molecule has 1 saturated heterocycles. The third kappa shape index (κ3) is 3.12. The van der Waals surface area contributed by atoms with Gasteiger partial charge in [0.05, 0.1) is 32.1 Å². The molecule has 7 heteroatoms. The molecule has 0 aromatic carbocycles. The van der Waals surface area contributed by atoms with Crippen LogP contribution in [0.4, 0.5) is 0 Å². The number of aromatic nitrogens is 2. The normalized spacial score (nSPS) is 21.9. The first-order chi connectivity index (χ1) is 9.71. The second-order valence-electron chi connectivity index (χ2n) is 5.14. The number of nitrogens with two attached hydrogens (primary N) is 1. The van der Waals surface area contributed by atoms with Crippen LogP contribution in [0.15, 0.2) is 6.20 Å². The Hall–Kier alpha value is -1.15. The molecule has 2 unspecified atom stereocenters. The molecule has 1 aliphatic heterocycles. The Morgan fingerprint density at radius 1 is 1.65 bits per heavy atom. The highest BCUT2D eigenvalue weighted by atomic mass is 16.5. The fourth-order valence-corrected chi connectivity index (χ4v) is 2.61. The molecule has 2 heterocycles. The largest absolute Gasteiger partial charge is 0.493 e. The minimum Gasteiger partial charge on any atom is -0.493 e. The summed E-state index contributed by atoms with van der Waals surface area (Å²) in [6.45, 7) is 5.44. The molecule has 0 spiro atoms. The quantitative estimate of drug-likeness (QED) is 0.571. The third-order valence-electron chi connectivity index (χ3n) is 3.64. The lowest BCUT2D eigenvalue weighted by atomic mass is 10.1. The Morgan fingerprint density at radius 3 is 3.05 bits per heavy atom. The molecule has 1 fully saturated rings. The summed E-state index contributed by atoms with van der Waals surface area (Å²) >= 11 is 0. The van der Waals surface area contributed by atoms with Gasteiger partial charge in [-0.15, -0.1) is 0 Å². The second-order valence-corrected chi connectivity index (χ2v) is 5.14. The van der Waals surface area contributed by atoms with Gasteiger partial charge in [0.15, 0.2) is 5.75 Å². The van der Waals surface area contributed by atoms with E-state index in [0.29, 0.717) is 6.61 Å². The van der Waals surface area contributed by atoms with E-state index in [0.717, 1.165) is 37.5 Å². The van der Waals surface area contributed by atoms with Crippen molar-refractivity contribution in [2.75, 3.05) is 33.9 Å². The van der Waals surface area contributed by atoms with Crippen molar-refractivity contribution < 1.29 is 9.47 Å². The van der Waals surface area contributed by atoms with Crippen molar-refractivity contribution in [1.82, 2.24) is 20.1 Å². The standard InChI is InChI=1S/C13H25N5O2/c1-4-5-18-13(10(19-3)8-15-18)12(16-14)11-9-17(2)6-7-20-11/h8,11-12,16H,4-7,9,14H2,1-3H3. The zero-order valence-corrected chi connectivity index (χ0v) is 12.5. The maximum absolute atomic E-state index is 5.88. The van der Waals surface area contributed by atoms with Crippen molar-refractivity contribution in [3.8, 4) is 5.75 Å². The average Bonchev–Trinajstić information content (AvgIpc) is 2.84. The summed E-state index contributed by atoms with van der Waals surface area (Å²) in [6.07, 6.45) is 2.72. The molecular weight excluding hydrogens is 258 g/mol. The lowest BCUT2D eigenvalue weighted by Crippen LogP contribution is -2.49. The van der Waals surface area contributed by atoms with Gasteiger partial charge in [-0.2, -0.15) is 5.10 Å². The number of morpholine rings is 1. The maximum Gasteiger partial charge on any atom is 0.161 e. The van der Waals surface area contributed by atoms with E-state index in [1.54, 1.807) is 13.3 Å². The molecule has 1 aromatic rings. The third-order valence-corrected chi connectivity index (χ3v) is 3.64. The molecular formula is C13H25N5O2. The van der Waals surface area contributed by atoms with Crippen LogP contribution in [0.5, 0.6) is 5.75 Å². The van der Waals surface area contributed by atoms with E-state index in [1.807, 2.05) is 4.68 Å². The van der Waals surface area contributed by atoms with Gasteiger partial charge in [-0.05, 0) is 13.5 Å². The molecule has 7 nitrogen and oxygen atoms in total. The molecule has 2 atom stereocenters. The number of aryl methyl sites for hydroxylation is 1. The summed E-state index contributed by atoms with van der Waals surface area (Å²) in [5.74, 6) is 6.53. The van der Waals surface area contributed by atoms with E-state index < -0.39 is 0 Å². The molecule has 114 valence electrons. The number of hydrogen-bond acceptors (Lipinski definition) is 6. The van der Waals surface area contributed by atoms with Gasteiger partial charge in [0, 0.05) is 19.6 Å². The molecule has 0 saturated carbocycles. The van der Waals surface area contributed by atoms with Gasteiger partial charge in [0.25, 0.3) is 0 Å². The van der Waals surface area contributed by atoms with Crippen LogP contribution in [0.3, 0.4) is 0 Å². The maximum atomic E-state index is 5.88. The van der Waals surface area contributed by atoms with E-state index in [2.05, 4.69) is 29.4 Å². The minimum atomic E-state index is -0.137. The van der Waals surface area contributed by atoms with Crippen molar-refractivity contribution in [3.63, 3.8) is 0 Å². The molecule has 0 bridgehead atoms. The first kappa shape index (κ1) is 15.2. The zero-order chi connectivity index (χ0) is 14.5. The van der Waals surface area contributed by atoms with Crippen molar-refractivity contribution in [2.24, 2.45) is 5.84 Å². The van der Waals surface area contributed by atoms with Gasteiger partial charge in [-0.25, -0.2) is 5.43 Å². The van der Waals surface area contributed by atoms with Gasteiger partial charge in [-0.1, -0.05) is 6.92 Å². The predicted octanol–water partition coefficient (Wildman–Crippen LogP) is 0.137. The van der Waals surface area contributed by atoms with Crippen LogP contribution >= 0.6 is 0 Å². The molecule has 1 aliphatic rings. The Kier molecular flexibility index (Phi) is 5.36. The predicted molar refractivity (Wildman–Crippen MR) is 76.4 cm³/mol. The Bertz CT molecular complexity index is 423. The van der Waals surface area contributed by atoms with E-state index >= 15 is 0 Å². The number of hydrogen-bond donors (Lipinski definition) is 2. The van der Waals surface area contributed by atoms with Gasteiger partial charge in [0.2, 0.25) is 0 Å². The number of ether oxygens (including phenoxy) is 2. The summed E-state index contributed by atoms with van der Waals surface area (Å²) in [5, 5.41) is 4.39. The zero-order valence-electron chi connectivity index (χ0n) is 12.5. The van der Waals surface area contributed by atoms with E-state index in [4.69, 9.17) is 15.3 Å². The lowest BCUT2D eigenvalue weighted by molar-refractivity contribution is -0.0411. The van der Waals surface area contributed by atoms with Crippen LogP contribution < -0.4 is 16.0 Å². The minimum absolute atomic E-state index is 0.0139. The van der Waals surface area contributed by atoms with Crippen LogP contribution in [0.25, 0.3) is 0 Å². The molecule has 0 radical (unpaired) electrons. The van der Waals surface area contributed by atoms with Gasteiger partial charge >= 0.3 is 0 Å². The number of hydrazine groups is 1. The van der Waals surface area contributed by atoms with Crippen LogP contribution in [-0.4, -0.2) is 54.6 Å². The fourth-order valence-electron chi connectivity index (χ4n) is 2.61. The highest BCUT2D eigenvalue weighted by molar-refractivity contribution is 5.29. The van der Waals surface area contributed by atoms with Crippen molar-refractivity contribution in [1.29, 1.82) is 0 Å². The van der Waals surface area contributed by atoms with Crippen molar-refractivity contribution in [3.05, 3.63) is 11.9 Å². The van der Waals surface area contributed by atoms with E-state index in [1.165, 1.54) is 0 Å². The monoisotopic (exact) mass is 283 g/mol. The summed E-state index contributed by atoms with van der Waals surface area (Å²) < 4.78 is 13.2. The molecule has 0 aliphatic carbocycles. The first-order valence-corrected chi connectivity index (χ1v) is 7.07. The highest BCUT2D eigenvalue weighted by Gasteiger charge is 2.32. The van der Waals surface area contributed by atoms with Gasteiger partial charge in [0.1, 0.15) is 5.69 Å². The SMILES string of the molecule is CCCn1ncc(OC)c1C(NN)C1CN(C)CCO1. The van der Waals surface area contributed by atoms with Gasteiger partial charge in [-0.3, -0.25) is 10.5 Å². The second kappa shape index (κ2) is 7.03. The molecule has 2 rings (SSSR count). The van der Waals surface area contributed by atoms with Gasteiger partial charge < -0.3 is 14.4 Å². The Morgan fingerprint density at radius 2 is 2.45 bits per heavy atom. The fraction of sp³-hybridized carbons (Fsp3) is 0.769.